The summed E-state index contributed by atoms with van der Waals surface area (Å²) in [4.78, 5) is 2.44. The number of nitrogens with one attached hydrogen (secondary N) is 1. The predicted molar refractivity (Wildman–Crippen MR) is 103 cm³/mol. The second-order valence-corrected chi connectivity index (χ2v) is 8.52. The minimum Gasteiger partial charge on any atom is -0.379 e. The SMILES string of the molecule is CC(NS(=O)(=O)c1cccc(Cl)c1)C(c1ccccc1)N1CCOCC1. The van der Waals surface area contributed by atoms with Crippen LogP contribution in [-0.4, -0.2) is 45.7 Å². The molecule has 0 aromatic heterocycles. The Labute approximate surface area is 160 Å². The zero-order valence-electron chi connectivity index (χ0n) is 14.6. The fraction of sp³-hybridized carbons (Fsp3) is 0.368. The van der Waals surface area contributed by atoms with Gasteiger partial charge in [0.1, 0.15) is 0 Å². The van der Waals surface area contributed by atoms with Crippen LogP contribution in [-0.2, 0) is 14.8 Å². The highest BCUT2D eigenvalue weighted by Crippen LogP contribution is 2.27. The number of benzene rings is 2. The first kappa shape index (κ1) is 19.3. The van der Waals surface area contributed by atoms with Crippen molar-refractivity contribution in [2.45, 2.75) is 23.9 Å². The van der Waals surface area contributed by atoms with Crippen LogP contribution in [0.2, 0.25) is 5.02 Å². The van der Waals surface area contributed by atoms with Crippen LogP contribution in [0.25, 0.3) is 0 Å². The van der Waals surface area contributed by atoms with Crippen molar-refractivity contribution in [3.8, 4) is 0 Å². The second kappa shape index (κ2) is 8.50. The van der Waals surface area contributed by atoms with Gasteiger partial charge in [0.05, 0.1) is 24.2 Å². The molecule has 1 heterocycles. The van der Waals surface area contributed by atoms with Gasteiger partial charge in [-0.15, -0.1) is 0 Å². The molecule has 1 aliphatic heterocycles. The Morgan fingerprint density at radius 1 is 1.08 bits per heavy atom. The third-order valence-corrected chi connectivity index (χ3v) is 6.29. The fourth-order valence-electron chi connectivity index (χ4n) is 3.33. The molecular formula is C19H23ClN2O3S. The van der Waals surface area contributed by atoms with Crippen LogP contribution in [0.4, 0.5) is 0 Å². The average molecular weight is 395 g/mol. The zero-order chi connectivity index (χ0) is 18.6. The third kappa shape index (κ3) is 4.64. The summed E-state index contributed by atoms with van der Waals surface area (Å²) in [7, 11) is -3.67. The van der Waals surface area contributed by atoms with Gasteiger partial charge in [-0.1, -0.05) is 48.0 Å². The van der Waals surface area contributed by atoms with Gasteiger partial charge in [-0.3, -0.25) is 4.90 Å². The lowest BCUT2D eigenvalue weighted by Gasteiger charge is -2.38. The van der Waals surface area contributed by atoms with Gasteiger partial charge in [0.2, 0.25) is 10.0 Å². The largest absolute Gasteiger partial charge is 0.379 e. The van der Waals surface area contributed by atoms with E-state index >= 15 is 0 Å². The molecule has 5 nitrogen and oxygen atoms in total. The van der Waals surface area contributed by atoms with Crippen LogP contribution >= 0.6 is 11.6 Å². The van der Waals surface area contributed by atoms with E-state index in [2.05, 4.69) is 9.62 Å². The highest BCUT2D eigenvalue weighted by molar-refractivity contribution is 7.89. The molecule has 2 aromatic rings. The van der Waals surface area contributed by atoms with Gasteiger partial charge < -0.3 is 4.74 Å². The summed E-state index contributed by atoms with van der Waals surface area (Å²) in [6.07, 6.45) is 0. The van der Waals surface area contributed by atoms with Crippen molar-refractivity contribution in [1.82, 2.24) is 9.62 Å². The van der Waals surface area contributed by atoms with Gasteiger partial charge in [0, 0.05) is 24.2 Å². The van der Waals surface area contributed by atoms with Crippen LogP contribution in [0.15, 0.2) is 59.5 Å². The van der Waals surface area contributed by atoms with E-state index in [0.29, 0.717) is 18.2 Å². The number of ether oxygens (including phenoxy) is 1. The Morgan fingerprint density at radius 3 is 2.42 bits per heavy atom. The van der Waals surface area contributed by atoms with E-state index in [9.17, 15) is 8.42 Å². The smallest absolute Gasteiger partial charge is 0.240 e. The lowest BCUT2D eigenvalue weighted by Crippen LogP contribution is -2.48. The Kier molecular flexibility index (Phi) is 6.32. The van der Waals surface area contributed by atoms with Crippen LogP contribution in [0.5, 0.6) is 0 Å². The first-order valence-corrected chi connectivity index (χ1v) is 10.5. The van der Waals surface area contributed by atoms with Gasteiger partial charge in [-0.05, 0) is 30.7 Å². The quantitative estimate of drug-likeness (QED) is 0.818. The molecule has 140 valence electrons. The summed E-state index contributed by atoms with van der Waals surface area (Å²) in [5.74, 6) is 0. The summed E-state index contributed by atoms with van der Waals surface area (Å²) < 4.78 is 33.9. The Hall–Kier alpha value is -1.44. The molecular weight excluding hydrogens is 372 g/mol. The summed E-state index contributed by atoms with van der Waals surface area (Å²) in [5.41, 5.74) is 1.08. The van der Waals surface area contributed by atoms with Crippen LogP contribution < -0.4 is 4.72 Å². The van der Waals surface area contributed by atoms with Crippen molar-refractivity contribution < 1.29 is 13.2 Å². The van der Waals surface area contributed by atoms with Crippen molar-refractivity contribution >= 4 is 21.6 Å². The number of halogens is 1. The Morgan fingerprint density at radius 2 is 1.77 bits per heavy atom. The van der Waals surface area contributed by atoms with Crippen molar-refractivity contribution in [2.75, 3.05) is 26.3 Å². The maximum absolute atomic E-state index is 12.8. The van der Waals surface area contributed by atoms with Crippen molar-refractivity contribution in [1.29, 1.82) is 0 Å². The van der Waals surface area contributed by atoms with E-state index in [-0.39, 0.29) is 17.0 Å². The summed E-state index contributed by atoms with van der Waals surface area (Å²) in [6, 6.07) is 15.9. The minimum atomic E-state index is -3.67. The molecule has 2 aromatic carbocycles. The first-order valence-electron chi connectivity index (χ1n) is 8.62. The maximum atomic E-state index is 12.8. The molecule has 1 saturated heterocycles. The van der Waals surface area contributed by atoms with E-state index < -0.39 is 10.0 Å². The number of nitrogens with zero attached hydrogens (tertiary/aromatic N) is 1. The highest BCUT2D eigenvalue weighted by atomic mass is 35.5. The van der Waals surface area contributed by atoms with E-state index in [4.69, 9.17) is 16.3 Å². The zero-order valence-corrected chi connectivity index (χ0v) is 16.2. The number of morpholine rings is 1. The number of rotatable bonds is 6. The molecule has 3 rings (SSSR count). The van der Waals surface area contributed by atoms with Gasteiger partial charge in [0.25, 0.3) is 0 Å². The minimum absolute atomic E-state index is 0.0749. The summed E-state index contributed by atoms with van der Waals surface area (Å²) >= 11 is 5.95. The first-order chi connectivity index (χ1) is 12.5. The Bertz CT molecular complexity index is 824. The normalized spacial score (nSPS) is 18.4. The molecule has 1 fully saturated rings. The molecule has 0 radical (unpaired) electrons. The summed E-state index contributed by atoms with van der Waals surface area (Å²) in [5, 5.41) is 0.397. The van der Waals surface area contributed by atoms with Crippen LogP contribution in [0.3, 0.4) is 0 Å². The van der Waals surface area contributed by atoms with Gasteiger partial charge >= 0.3 is 0 Å². The molecule has 2 atom stereocenters. The van der Waals surface area contributed by atoms with E-state index in [1.54, 1.807) is 18.2 Å². The molecule has 26 heavy (non-hydrogen) atoms. The summed E-state index contributed by atoms with van der Waals surface area (Å²) in [6.45, 7) is 4.73. The van der Waals surface area contributed by atoms with Crippen LogP contribution in [0.1, 0.15) is 18.5 Å². The molecule has 0 amide bonds. The predicted octanol–water partition coefficient (Wildman–Crippen LogP) is 3.08. The Balaban J connectivity index is 1.86. The van der Waals surface area contributed by atoms with Gasteiger partial charge in [-0.2, -0.15) is 0 Å². The number of hydrogen-bond acceptors (Lipinski definition) is 4. The highest BCUT2D eigenvalue weighted by Gasteiger charge is 2.30. The van der Waals surface area contributed by atoms with E-state index in [1.807, 2.05) is 37.3 Å². The topological polar surface area (TPSA) is 58.6 Å². The van der Waals surface area contributed by atoms with Crippen molar-refractivity contribution in [2.24, 2.45) is 0 Å². The van der Waals surface area contributed by atoms with Gasteiger partial charge in [-0.25, -0.2) is 13.1 Å². The lowest BCUT2D eigenvalue weighted by atomic mass is 9.99. The number of sulfonamides is 1. The molecule has 1 aliphatic rings. The molecule has 0 bridgehead atoms. The van der Waals surface area contributed by atoms with E-state index in [1.165, 1.54) is 6.07 Å². The molecule has 0 aliphatic carbocycles. The van der Waals surface area contributed by atoms with Gasteiger partial charge in [0.15, 0.2) is 0 Å². The third-order valence-electron chi connectivity index (χ3n) is 4.50. The molecule has 0 saturated carbocycles. The molecule has 7 heteroatoms. The monoisotopic (exact) mass is 394 g/mol. The maximum Gasteiger partial charge on any atom is 0.240 e. The lowest BCUT2D eigenvalue weighted by molar-refractivity contribution is 0.0105. The number of hydrogen-bond donors (Lipinski definition) is 1. The van der Waals surface area contributed by atoms with Crippen LogP contribution in [0, 0.1) is 0 Å². The van der Waals surface area contributed by atoms with Crippen molar-refractivity contribution in [3.63, 3.8) is 0 Å². The second-order valence-electron chi connectivity index (χ2n) is 6.37. The van der Waals surface area contributed by atoms with Crippen molar-refractivity contribution in [3.05, 3.63) is 65.2 Å². The fourth-order valence-corrected chi connectivity index (χ4v) is 4.88. The van der Waals surface area contributed by atoms with E-state index in [0.717, 1.165) is 18.7 Å². The average Bonchev–Trinajstić information content (AvgIpc) is 2.63. The standard InChI is InChI=1S/C19H23ClN2O3S/c1-15(21-26(23,24)18-9-5-8-17(20)14-18)19(16-6-3-2-4-7-16)22-10-12-25-13-11-22/h2-9,14-15,19,21H,10-13H2,1H3. The molecule has 0 spiro atoms. The molecule has 1 N–H and O–H groups in total. The molecule has 2 unspecified atom stereocenters.